The molecular formula is C15H31KO4S. The van der Waals surface area contributed by atoms with Gasteiger partial charge in [0.15, 0.2) is 0 Å². The van der Waals surface area contributed by atoms with Crippen molar-refractivity contribution in [3.63, 3.8) is 0 Å². The summed E-state index contributed by atoms with van der Waals surface area (Å²) in [4.78, 5) is 0. The predicted octanol–water partition coefficient (Wildman–Crippen LogP) is 0.596. The molecule has 0 bridgehead atoms. The molecular weight excluding hydrogens is 315 g/mol. The van der Waals surface area contributed by atoms with Crippen LogP contribution in [0.1, 0.15) is 84.5 Å². The molecule has 122 valence electrons. The Morgan fingerprint density at radius 3 is 1.76 bits per heavy atom. The molecule has 0 radical (unpaired) electrons. The van der Waals surface area contributed by atoms with Crippen molar-refractivity contribution in [2.24, 2.45) is 0 Å². The van der Waals surface area contributed by atoms with Crippen molar-refractivity contribution in [1.82, 2.24) is 0 Å². The van der Waals surface area contributed by atoms with E-state index in [1.165, 1.54) is 13.3 Å². The second-order valence-corrected chi connectivity index (χ2v) is 7.59. The van der Waals surface area contributed by atoms with Gasteiger partial charge >= 0.3 is 51.4 Å². The monoisotopic (exact) mass is 346 g/mol. The van der Waals surface area contributed by atoms with Gasteiger partial charge in [-0.05, 0) is 26.2 Å². The molecule has 6 heteroatoms. The summed E-state index contributed by atoms with van der Waals surface area (Å²) in [5.74, 6) is 0. The molecule has 0 amide bonds. The zero-order valence-corrected chi connectivity index (χ0v) is 18.0. The fourth-order valence-corrected chi connectivity index (χ4v) is 2.77. The van der Waals surface area contributed by atoms with Gasteiger partial charge in [-0.3, -0.25) is 0 Å². The van der Waals surface area contributed by atoms with E-state index in [0.717, 1.165) is 57.8 Å². The van der Waals surface area contributed by atoms with Crippen LogP contribution in [0.15, 0.2) is 0 Å². The summed E-state index contributed by atoms with van der Waals surface area (Å²) < 4.78 is 32.1. The number of hydrogen-bond acceptors (Lipinski definition) is 4. The zero-order chi connectivity index (χ0) is 15.4. The van der Waals surface area contributed by atoms with Crippen molar-refractivity contribution in [1.29, 1.82) is 0 Å². The molecule has 21 heavy (non-hydrogen) atoms. The van der Waals surface area contributed by atoms with E-state index in [2.05, 4.69) is 6.92 Å². The number of rotatable bonds is 13. The predicted molar refractivity (Wildman–Crippen MR) is 81.6 cm³/mol. The summed E-state index contributed by atoms with van der Waals surface area (Å²) in [7, 11) is -4.09. The molecule has 1 N–H and O–H groups in total. The second-order valence-electron chi connectivity index (χ2n) is 5.80. The third kappa shape index (κ3) is 16.2. The van der Waals surface area contributed by atoms with E-state index in [0.29, 0.717) is 6.42 Å². The van der Waals surface area contributed by atoms with Gasteiger partial charge in [-0.15, -0.1) is 0 Å². The van der Waals surface area contributed by atoms with Gasteiger partial charge in [-0.25, -0.2) is 8.42 Å². The van der Waals surface area contributed by atoms with Crippen molar-refractivity contribution in [2.75, 3.05) is 0 Å². The van der Waals surface area contributed by atoms with Gasteiger partial charge in [0.1, 0.15) is 0 Å². The standard InChI is InChI=1S/C15H32O4S.K/c1-3-11-15(16)13-10-8-6-4-5-7-9-12-14(2)20(17,18)19;/h14-16H,3-13H2,1-2H3,(H,17,18,19);/q;+1/p-1. The van der Waals surface area contributed by atoms with Crippen LogP contribution in [0.3, 0.4) is 0 Å². The van der Waals surface area contributed by atoms with Crippen LogP contribution in [0, 0.1) is 0 Å². The maximum absolute atomic E-state index is 10.7. The molecule has 0 saturated carbocycles. The molecule has 0 spiro atoms. The minimum atomic E-state index is -4.09. The van der Waals surface area contributed by atoms with E-state index < -0.39 is 15.4 Å². The Labute approximate surface area is 173 Å². The third-order valence-corrected chi connectivity index (χ3v) is 4.98. The maximum atomic E-state index is 10.7. The molecule has 2 unspecified atom stereocenters. The van der Waals surface area contributed by atoms with E-state index in [9.17, 15) is 18.1 Å². The van der Waals surface area contributed by atoms with Crippen LogP contribution in [-0.4, -0.2) is 29.4 Å². The van der Waals surface area contributed by atoms with Gasteiger partial charge in [0.25, 0.3) is 0 Å². The Balaban J connectivity index is 0. The van der Waals surface area contributed by atoms with Crippen LogP contribution in [-0.2, 0) is 10.1 Å². The first-order valence-corrected chi connectivity index (χ1v) is 9.47. The van der Waals surface area contributed by atoms with Crippen LogP contribution in [0.2, 0.25) is 0 Å². The first kappa shape index (κ1) is 24.8. The second kappa shape index (κ2) is 15.1. The molecule has 0 rings (SSSR count). The van der Waals surface area contributed by atoms with Gasteiger partial charge in [0.05, 0.1) is 16.2 Å². The number of aliphatic hydroxyl groups excluding tert-OH is 1. The summed E-state index contributed by atoms with van der Waals surface area (Å²) in [6.45, 7) is 3.58. The summed E-state index contributed by atoms with van der Waals surface area (Å²) in [5.41, 5.74) is 0. The SMILES string of the molecule is CCCC(O)CCCCCCCCCC(C)S(=O)(=O)[O-].[K+]. The molecule has 2 atom stereocenters. The zero-order valence-electron chi connectivity index (χ0n) is 14.0. The molecule has 0 fully saturated rings. The number of aliphatic hydroxyl groups is 1. The van der Waals surface area contributed by atoms with E-state index >= 15 is 0 Å². The summed E-state index contributed by atoms with van der Waals surface area (Å²) in [6, 6.07) is 0. The van der Waals surface area contributed by atoms with Gasteiger partial charge in [0, 0.05) is 5.25 Å². The van der Waals surface area contributed by atoms with Crippen LogP contribution in [0.25, 0.3) is 0 Å². The van der Waals surface area contributed by atoms with Crippen molar-refractivity contribution < 1.29 is 69.5 Å². The molecule has 0 aromatic heterocycles. The van der Waals surface area contributed by atoms with Gasteiger partial charge < -0.3 is 9.66 Å². The quantitative estimate of drug-likeness (QED) is 0.301. The molecule has 4 nitrogen and oxygen atoms in total. The fourth-order valence-electron chi connectivity index (χ4n) is 2.32. The summed E-state index contributed by atoms with van der Waals surface area (Å²) in [5, 5.41) is 8.82. The fraction of sp³-hybridized carbons (Fsp3) is 1.00. The molecule has 0 saturated heterocycles. The van der Waals surface area contributed by atoms with Crippen LogP contribution >= 0.6 is 0 Å². The van der Waals surface area contributed by atoms with Gasteiger partial charge in [-0.2, -0.15) is 0 Å². The number of hydrogen-bond donors (Lipinski definition) is 1. The topological polar surface area (TPSA) is 77.4 Å². The van der Waals surface area contributed by atoms with Crippen molar-refractivity contribution >= 4 is 10.1 Å². The minimum Gasteiger partial charge on any atom is -0.748 e. The Bertz CT molecular complexity index is 320. The van der Waals surface area contributed by atoms with Crippen molar-refractivity contribution in [3.05, 3.63) is 0 Å². The average Bonchev–Trinajstić information content (AvgIpc) is 2.35. The van der Waals surface area contributed by atoms with E-state index in [-0.39, 0.29) is 57.5 Å². The Hall–Kier alpha value is 1.51. The molecule has 0 aromatic rings. The van der Waals surface area contributed by atoms with Crippen LogP contribution in [0.5, 0.6) is 0 Å². The molecule has 0 aromatic carbocycles. The number of unbranched alkanes of at least 4 members (excludes halogenated alkanes) is 6. The maximum Gasteiger partial charge on any atom is 1.00 e. The van der Waals surface area contributed by atoms with E-state index in [1.807, 2.05) is 0 Å². The van der Waals surface area contributed by atoms with Crippen LogP contribution < -0.4 is 51.4 Å². The van der Waals surface area contributed by atoms with Crippen molar-refractivity contribution in [2.45, 2.75) is 95.8 Å². The molecule has 0 aliphatic carbocycles. The van der Waals surface area contributed by atoms with Gasteiger partial charge in [0.2, 0.25) is 0 Å². The summed E-state index contributed by atoms with van der Waals surface area (Å²) >= 11 is 0. The van der Waals surface area contributed by atoms with Gasteiger partial charge in [-0.1, -0.05) is 58.3 Å². The van der Waals surface area contributed by atoms with Crippen molar-refractivity contribution in [3.8, 4) is 0 Å². The smallest absolute Gasteiger partial charge is 0.748 e. The Morgan fingerprint density at radius 1 is 0.905 bits per heavy atom. The normalized spacial score (nSPS) is 14.5. The van der Waals surface area contributed by atoms with E-state index in [1.54, 1.807) is 0 Å². The Morgan fingerprint density at radius 2 is 1.33 bits per heavy atom. The molecule has 0 aliphatic rings. The first-order chi connectivity index (χ1) is 9.38. The third-order valence-electron chi connectivity index (χ3n) is 3.76. The average molecular weight is 347 g/mol. The minimum absolute atomic E-state index is 0. The first-order valence-electron chi connectivity index (χ1n) is 8.00. The van der Waals surface area contributed by atoms with Crippen LogP contribution in [0.4, 0.5) is 0 Å². The van der Waals surface area contributed by atoms with E-state index in [4.69, 9.17) is 0 Å². The largest absolute Gasteiger partial charge is 1.00 e. The summed E-state index contributed by atoms with van der Waals surface area (Å²) in [6.07, 6.45) is 10.7. The Kier molecular flexibility index (Phi) is 17.8. The molecule has 0 aliphatic heterocycles. The molecule has 0 heterocycles.